The summed E-state index contributed by atoms with van der Waals surface area (Å²) in [6.45, 7) is 6.16. The molecule has 0 N–H and O–H groups in total. The van der Waals surface area contributed by atoms with E-state index in [2.05, 4.69) is 35.8 Å². The van der Waals surface area contributed by atoms with Crippen LogP contribution in [0.25, 0.3) is 0 Å². The van der Waals surface area contributed by atoms with E-state index in [-0.39, 0.29) is 0 Å². The van der Waals surface area contributed by atoms with Crippen molar-refractivity contribution in [1.29, 1.82) is 0 Å². The number of nitrogens with zero attached hydrogens (tertiary/aromatic N) is 3. The lowest BCUT2D eigenvalue weighted by molar-refractivity contribution is 0.757. The molecular weight excluding hydrogens is 222 g/mol. The van der Waals surface area contributed by atoms with Gasteiger partial charge in [0, 0.05) is 24.6 Å². The minimum absolute atomic E-state index is 0.310. The van der Waals surface area contributed by atoms with Gasteiger partial charge in [0.2, 0.25) is 0 Å². The lowest BCUT2D eigenvalue weighted by Crippen LogP contribution is -2.23. The molecule has 0 aromatic carbocycles. The van der Waals surface area contributed by atoms with E-state index < -0.39 is 0 Å². The van der Waals surface area contributed by atoms with Crippen molar-refractivity contribution in [2.45, 2.75) is 45.6 Å². The van der Waals surface area contributed by atoms with Gasteiger partial charge >= 0.3 is 0 Å². The molecule has 0 radical (unpaired) electrons. The highest BCUT2D eigenvalue weighted by Crippen LogP contribution is 2.33. The minimum Gasteiger partial charge on any atom is -0.356 e. The summed E-state index contributed by atoms with van der Waals surface area (Å²) >= 11 is 6.15. The van der Waals surface area contributed by atoms with E-state index in [0.29, 0.717) is 17.1 Å². The molecule has 0 saturated heterocycles. The Balaban J connectivity index is 2.41. The second-order valence-electron chi connectivity index (χ2n) is 4.82. The Hall–Kier alpha value is -0.830. The number of aromatic nitrogens is 2. The smallest absolute Gasteiger partial charge is 0.137 e. The van der Waals surface area contributed by atoms with Gasteiger partial charge in [-0.15, -0.1) is 0 Å². The molecular formula is C12H18ClN3. The van der Waals surface area contributed by atoms with Crippen molar-refractivity contribution in [2.75, 3.05) is 11.9 Å². The van der Waals surface area contributed by atoms with Gasteiger partial charge in [-0.2, -0.15) is 0 Å². The van der Waals surface area contributed by atoms with Gasteiger partial charge in [0.25, 0.3) is 0 Å². The third-order valence-corrected chi connectivity index (χ3v) is 3.39. The van der Waals surface area contributed by atoms with E-state index in [4.69, 9.17) is 11.6 Å². The second-order valence-corrected chi connectivity index (χ2v) is 5.18. The summed E-state index contributed by atoms with van der Waals surface area (Å²) in [5.74, 6) is 2.13. The summed E-state index contributed by atoms with van der Waals surface area (Å²) in [6.07, 6.45) is 2.52. The topological polar surface area (TPSA) is 29.0 Å². The monoisotopic (exact) mass is 239 g/mol. The van der Waals surface area contributed by atoms with Crippen molar-refractivity contribution in [3.63, 3.8) is 0 Å². The molecule has 16 heavy (non-hydrogen) atoms. The van der Waals surface area contributed by atoms with Crippen LogP contribution in [-0.2, 0) is 0 Å². The highest BCUT2D eigenvalue weighted by Gasteiger charge is 2.29. The molecule has 88 valence electrons. The van der Waals surface area contributed by atoms with Crippen molar-refractivity contribution in [3.8, 4) is 0 Å². The maximum atomic E-state index is 6.15. The first-order valence-corrected chi connectivity index (χ1v) is 6.15. The van der Waals surface area contributed by atoms with Crippen molar-refractivity contribution in [1.82, 2.24) is 9.97 Å². The molecule has 1 heterocycles. The molecule has 0 amide bonds. The fourth-order valence-electron chi connectivity index (χ4n) is 1.73. The van der Waals surface area contributed by atoms with E-state index in [9.17, 15) is 0 Å². The van der Waals surface area contributed by atoms with E-state index in [1.165, 1.54) is 12.8 Å². The van der Waals surface area contributed by atoms with Crippen LogP contribution in [0, 0.1) is 6.92 Å². The molecule has 0 bridgehead atoms. The Kier molecular flexibility index (Phi) is 3.06. The Morgan fingerprint density at radius 3 is 2.44 bits per heavy atom. The first kappa shape index (κ1) is 11.6. The normalized spacial score (nSPS) is 15.6. The highest BCUT2D eigenvalue weighted by atomic mass is 35.5. The van der Waals surface area contributed by atoms with Gasteiger partial charge in [-0.3, -0.25) is 0 Å². The standard InChI is InChI=1S/C12H18ClN3/c1-7(2)11-14-10(13)8(3)12(15-11)16(4)9-5-6-9/h7,9H,5-6H2,1-4H3. The van der Waals surface area contributed by atoms with Crippen LogP contribution in [0.1, 0.15) is 44.0 Å². The lowest BCUT2D eigenvalue weighted by atomic mass is 10.2. The molecule has 0 unspecified atom stereocenters. The van der Waals surface area contributed by atoms with Gasteiger partial charge in [0.1, 0.15) is 16.8 Å². The van der Waals surface area contributed by atoms with Crippen molar-refractivity contribution < 1.29 is 0 Å². The van der Waals surface area contributed by atoms with Gasteiger partial charge in [-0.25, -0.2) is 9.97 Å². The van der Waals surface area contributed by atoms with Crippen LogP contribution in [0.5, 0.6) is 0 Å². The van der Waals surface area contributed by atoms with E-state index in [1.54, 1.807) is 0 Å². The number of hydrogen-bond donors (Lipinski definition) is 0. The first-order chi connectivity index (χ1) is 7.50. The quantitative estimate of drug-likeness (QED) is 0.759. The second kappa shape index (κ2) is 4.21. The molecule has 4 heteroatoms. The third kappa shape index (κ3) is 2.14. The van der Waals surface area contributed by atoms with Crippen LogP contribution in [0.3, 0.4) is 0 Å². The largest absolute Gasteiger partial charge is 0.356 e. The Labute approximate surface area is 102 Å². The van der Waals surface area contributed by atoms with Gasteiger partial charge in [0.15, 0.2) is 0 Å². The van der Waals surface area contributed by atoms with Crippen LogP contribution in [0.2, 0.25) is 5.15 Å². The van der Waals surface area contributed by atoms with Crippen molar-refractivity contribution >= 4 is 17.4 Å². The van der Waals surface area contributed by atoms with Crippen LogP contribution in [0.15, 0.2) is 0 Å². The predicted octanol–water partition coefficient (Wildman–Crippen LogP) is 3.16. The summed E-state index contributed by atoms with van der Waals surface area (Å²) in [4.78, 5) is 11.2. The molecule has 0 spiro atoms. The molecule has 1 aliphatic carbocycles. The van der Waals surface area contributed by atoms with Crippen molar-refractivity contribution in [3.05, 3.63) is 16.5 Å². The molecule has 1 aliphatic rings. The van der Waals surface area contributed by atoms with Gasteiger partial charge < -0.3 is 4.90 Å². The molecule has 1 aromatic heterocycles. The van der Waals surface area contributed by atoms with Gasteiger partial charge in [-0.05, 0) is 19.8 Å². The highest BCUT2D eigenvalue weighted by molar-refractivity contribution is 6.30. The summed E-state index contributed by atoms with van der Waals surface area (Å²) in [7, 11) is 2.09. The Bertz CT molecular complexity index is 399. The van der Waals surface area contributed by atoms with Crippen LogP contribution in [-0.4, -0.2) is 23.1 Å². The molecule has 1 fully saturated rings. The van der Waals surface area contributed by atoms with E-state index in [0.717, 1.165) is 17.2 Å². The molecule has 1 aromatic rings. The number of anilines is 1. The fraction of sp³-hybridized carbons (Fsp3) is 0.667. The average Bonchev–Trinajstić information content (AvgIpc) is 3.04. The molecule has 1 saturated carbocycles. The average molecular weight is 240 g/mol. The fourth-order valence-corrected chi connectivity index (χ4v) is 1.90. The zero-order chi connectivity index (χ0) is 11.9. The maximum absolute atomic E-state index is 6.15. The zero-order valence-corrected chi connectivity index (χ0v) is 11.0. The number of hydrogen-bond acceptors (Lipinski definition) is 3. The van der Waals surface area contributed by atoms with E-state index in [1.807, 2.05) is 6.92 Å². The number of rotatable bonds is 3. The maximum Gasteiger partial charge on any atom is 0.137 e. The van der Waals surface area contributed by atoms with Crippen LogP contribution in [0.4, 0.5) is 5.82 Å². The lowest BCUT2D eigenvalue weighted by Gasteiger charge is -2.21. The SMILES string of the molecule is Cc1c(Cl)nc(C(C)C)nc1N(C)C1CC1. The predicted molar refractivity (Wildman–Crippen MR) is 67.3 cm³/mol. The summed E-state index contributed by atoms with van der Waals surface area (Å²) in [5.41, 5.74) is 0.987. The van der Waals surface area contributed by atoms with Crippen LogP contribution < -0.4 is 4.90 Å². The Morgan fingerprint density at radius 2 is 1.94 bits per heavy atom. The third-order valence-electron chi connectivity index (χ3n) is 3.02. The van der Waals surface area contributed by atoms with Gasteiger partial charge in [0.05, 0.1) is 0 Å². The molecule has 0 aliphatic heterocycles. The minimum atomic E-state index is 0.310. The summed E-state index contributed by atoms with van der Waals surface area (Å²) < 4.78 is 0. The molecule has 2 rings (SSSR count). The summed E-state index contributed by atoms with van der Waals surface area (Å²) in [5, 5.41) is 0.584. The molecule has 3 nitrogen and oxygen atoms in total. The molecule has 0 atom stereocenters. The Morgan fingerprint density at radius 1 is 1.31 bits per heavy atom. The number of halogens is 1. The van der Waals surface area contributed by atoms with Gasteiger partial charge in [-0.1, -0.05) is 25.4 Å². The zero-order valence-electron chi connectivity index (χ0n) is 10.3. The van der Waals surface area contributed by atoms with Crippen molar-refractivity contribution in [2.24, 2.45) is 0 Å². The summed E-state index contributed by atoms with van der Waals surface area (Å²) in [6, 6.07) is 0.643. The van der Waals surface area contributed by atoms with Crippen LogP contribution >= 0.6 is 11.6 Å². The first-order valence-electron chi connectivity index (χ1n) is 5.77. The van der Waals surface area contributed by atoms with E-state index >= 15 is 0 Å².